The monoisotopic (exact) mass is 249 g/mol. The van der Waals surface area contributed by atoms with Gasteiger partial charge in [0.15, 0.2) is 0 Å². The van der Waals surface area contributed by atoms with Crippen molar-refractivity contribution in [1.82, 2.24) is 5.32 Å². The minimum Gasteiger partial charge on any atom is -0.397 e. The number of hydrogen-bond acceptors (Lipinski definition) is 4. The number of carbonyl (C=O) groups excluding carboxylic acids is 1. The number of amides is 1. The van der Waals surface area contributed by atoms with E-state index in [-0.39, 0.29) is 5.91 Å². The van der Waals surface area contributed by atoms with Crippen LogP contribution in [0.4, 0.5) is 11.4 Å². The molecule has 0 unspecified atom stereocenters. The maximum absolute atomic E-state index is 11.5. The van der Waals surface area contributed by atoms with E-state index in [0.717, 1.165) is 19.3 Å². The van der Waals surface area contributed by atoms with Crippen LogP contribution < -0.4 is 16.4 Å². The van der Waals surface area contributed by atoms with E-state index in [0.29, 0.717) is 23.5 Å². The molecule has 18 heavy (non-hydrogen) atoms. The van der Waals surface area contributed by atoms with E-state index in [4.69, 9.17) is 5.73 Å². The van der Waals surface area contributed by atoms with Gasteiger partial charge < -0.3 is 21.5 Å². The third-order valence-electron chi connectivity index (χ3n) is 3.43. The molecule has 0 heterocycles. The molecule has 0 bridgehead atoms. The molecule has 0 aliphatic heterocycles. The Bertz CT molecular complexity index is 456. The van der Waals surface area contributed by atoms with Crippen molar-refractivity contribution in [3.05, 3.63) is 23.8 Å². The van der Waals surface area contributed by atoms with Crippen molar-refractivity contribution in [2.45, 2.75) is 24.9 Å². The van der Waals surface area contributed by atoms with Crippen molar-refractivity contribution in [3.8, 4) is 0 Å². The molecule has 1 aliphatic carbocycles. The molecule has 0 spiro atoms. The van der Waals surface area contributed by atoms with Crippen molar-refractivity contribution >= 4 is 17.3 Å². The van der Waals surface area contributed by atoms with Crippen molar-refractivity contribution < 1.29 is 9.90 Å². The maximum Gasteiger partial charge on any atom is 0.251 e. The molecule has 2 rings (SSSR count). The number of benzene rings is 1. The van der Waals surface area contributed by atoms with Gasteiger partial charge in [-0.15, -0.1) is 0 Å². The topological polar surface area (TPSA) is 87.4 Å². The normalized spacial score (nSPS) is 16.8. The lowest BCUT2D eigenvalue weighted by atomic mass is 9.80. The van der Waals surface area contributed by atoms with Gasteiger partial charge in [0.05, 0.1) is 17.0 Å². The number of rotatable bonds is 4. The minimum absolute atomic E-state index is 0.152. The van der Waals surface area contributed by atoms with Gasteiger partial charge in [-0.05, 0) is 37.5 Å². The third-order valence-corrected chi connectivity index (χ3v) is 3.43. The molecule has 0 atom stereocenters. The van der Waals surface area contributed by atoms with E-state index >= 15 is 0 Å². The zero-order valence-electron chi connectivity index (χ0n) is 10.5. The number of nitrogens with two attached hydrogens (primary N) is 1. The Labute approximate surface area is 106 Å². The zero-order chi connectivity index (χ0) is 13.2. The van der Waals surface area contributed by atoms with Gasteiger partial charge in [0.1, 0.15) is 0 Å². The Hall–Kier alpha value is -1.75. The molecule has 1 aliphatic rings. The largest absolute Gasteiger partial charge is 0.397 e. The Balaban J connectivity index is 2.08. The molecule has 1 aromatic rings. The Morgan fingerprint density at radius 1 is 1.50 bits per heavy atom. The predicted octanol–water partition coefficient (Wildman–Crippen LogP) is 0.955. The van der Waals surface area contributed by atoms with Gasteiger partial charge >= 0.3 is 0 Å². The molecule has 1 amide bonds. The molecule has 1 saturated carbocycles. The summed E-state index contributed by atoms with van der Waals surface area (Å²) in [5.41, 5.74) is 7.04. The van der Waals surface area contributed by atoms with Gasteiger partial charge in [0.2, 0.25) is 0 Å². The van der Waals surface area contributed by atoms with Crippen LogP contribution in [0.2, 0.25) is 0 Å². The minimum atomic E-state index is -0.616. The molecule has 0 aromatic heterocycles. The van der Waals surface area contributed by atoms with Crippen LogP contribution in [-0.2, 0) is 0 Å². The predicted molar refractivity (Wildman–Crippen MR) is 71.5 cm³/mol. The fraction of sp³-hybridized carbons (Fsp3) is 0.462. The van der Waals surface area contributed by atoms with Crippen LogP contribution in [0.1, 0.15) is 29.6 Å². The third kappa shape index (κ3) is 2.56. The van der Waals surface area contributed by atoms with Gasteiger partial charge in [-0.2, -0.15) is 0 Å². The van der Waals surface area contributed by atoms with Crippen LogP contribution in [0.3, 0.4) is 0 Å². The summed E-state index contributed by atoms with van der Waals surface area (Å²) in [5, 5.41) is 15.7. The van der Waals surface area contributed by atoms with Crippen LogP contribution >= 0.6 is 0 Å². The fourth-order valence-corrected chi connectivity index (χ4v) is 2.02. The standard InChI is InChI=1S/C13H19N3O2/c1-15-12(17)9-3-4-10(14)11(7-9)16-8-13(18)5-2-6-13/h3-4,7,16,18H,2,5-6,8,14H2,1H3,(H,15,17). The summed E-state index contributed by atoms with van der Waals surface area (Å²) >= 11 is 0. The van der Waals surface area contributed by atoms with Crippen LogP contribution in [-0.4, -0.2) is 30.2 Å². The van der Waals surface area contributed by atoms with Crippen LogP contribution in [0, 0.1) is 0 Å². The molecular formula is C13H19N3O2. The highest BCUT2D eigenvalue weighted by Gasteiger charge is 2.34. The fourth-order valence-electron chi connectivity index (χ4n) is 2.02. The Morgan fingerprint density at radius 3 is 2.78 bits per heavy atom. The molecule has 1 aromatic carbocycles. The molecule has 98 valence electrons. The zero-order valence-corrected chi connectivity index (χ0v) is 10.5. The number of hydrogen-bond donors (Lipinski definition) is 4. The van der Waals surface area contributed by atoms with Crippen molar-refractivity contribution in [3.63, 3.8) is 0 Å². The maximum atomic E-state index is 11.5. The van der Waals surface area contributed by atoms with E-state index in [1.807, 2.05) is 0 Å². The lowest BCUT2D eigenvalue weighted by Gasteiger charge is -2.37. The highest BCUT2D eigenvalue weighted by atomic mass is 16.3. The summed E-state index contributed by atoms with van der Waals surface area (Å²) in [5.74, 6) is -0.152. The van der Waals surface area contributed by atoms with Crippen LogP contribution in [0.5, 0.6) is 0 Å². The van der Waals surface area contributed by atoms with Crippen LogP contribution in [0.25, 0.3) is 0 Å². The Morgan fingerprint density at radius 2 is 2.22 bits per heavy atom. The molecule has 1 fully saturated rings. The van der Waals surface area contributed by atoms with E-state index in [1.165, 1.54) is 0 Å². The van der Waals surface area contributed by atoms with E-state index in [2.05, 4.69) is 10.6 Å². The van der Waals surface area contributed by atoms with E-state index in [1.54, 1.807) is 25.2 Å². The first-order valence-corrected chi connectivity index (χ1v) is 6.12. The lowest BCUT2D eigenvalue weighted by molar-refractivity contribution is -0.0201. The van der Waals surface area contributed by atoms with Gasteiger partial charge in [-0.3, -0.25) is 4.79 Å². The molecule has 5 N–H and O–H groups in total. The van der Waals surface area contributed by atoms with Gasteiger partial charge in [0.25, 0.3) is 5.91 Å². The number of carbonyl (C=O) groups is 1. The van der Waals surface area contributed by atoms with Gasteiger partial charge in [-0.1, -0.05) is 0 Å². The summed E-state index contributed by atoms with van der Waals surface area (Å²) in [6, 6.07) is 5.07. The van der Waals surface area contributed by atoms with E-state index < -0.39 is 5.60 Å². The van der Waals surface area contributed by atoms with Crippen molar-refractivity contribution in [2.24, 2.45) is 0 Å². The molecule has 5 heteroatoms. The average molecular weight is 249 g/mol. The molecule has 0 radical (unpaired) electrons. The van der Waals surface area contributed by atoms with Gasteiger partial charge in [0, 0.05) is 19.2 Å². The SMILES string of the molecule is CNC(=O)c1ccc(N)c(NCC2(O)CCC2)c1. The first-order valence-electron chi connectivity index (χ1n) is 6.12. The van der Waals surface area contributed by atoms with E-state index in [9.17, 15) is 9.90 Å². The molecule has 5 nitrogen and oxygen atoms in total. The number of aliphatic hydroxyl groups is 1. The summed E-state index contributed by atoms with van der Waals surface area (Å²) in [4.78, 5) is 11.5. The second-order valence-electron chi connectivity index (χ2n) is 4.81. The summed E-state index contributed by atoms with van der Waals surface area (Å²) in [6.07, 6.45) is 2.69. The second-order valence-corrected chi connectivity index (χ2v) is 4.81. The first-order chi connectivity index (χ1) is 8.54. The van der Waals surface area contributed by atoms with Gasteiger partial charge in [-0.25, -0.2) is 0 Å². The average Bonchev–Trinajstić information content (AvgIpc) is 2.34. The lowest BCUT2D eigenvalue weighted by Crippen LogP contribution is -2.43. The quantitative estimate of drug-likeness (QED) is 0.598. The van der Waals surface area contributed by atoms with Crippen LogP contribution in [0.15, 0.2) is 18.2 Å². The summed E-state index contributed by atoms with van der Waals surface area (Å²) in [7, 11) is 1.59. The number of anilines is 2. The number of nitrogens with one attached hydrogen (secondary N) is 2. The summed E-state index contributed by atoms with van der Waals surface area (Å²) in [6.45, 7) is 0.467. The summed E-state index contributed by atoms with van der Waals surface area (Å²) < 4.78 is 0. The second kappa shape index (κ2) is 4.86. The molecular weight excluding hydrogens is 230 g/mol. The van der Waals surface area contributed by atoms with Crippen molar-refractivity contribution in [2.75, 3.05) is 24.6 Å². The first kappa shape index (κ1) is 12.7. The smallest absolute Gasteiger partial charge is 0.251 e. The highest BCUT2D eigenvalue weighted by molar-refractivity contribution is 5.96. The highest BCUT2D eigenvalue weighted by Crippen LogP contribution is 2.32. The van der Waals surface area contributed by atoms with Crippen molar-refractivity contribution in [1.29, 1.82) is 0 Å². The molecule has 0 saturated heterocycles. The number of nitrogen functional groups attached to an aromatic ring is 1. The Kier molecular flexibility index (Phi) is 3.43.